The summed E-state index contributed by atoms with van der Waals surface area (Å²) in [6, 6.07) is 0.362. The van der Waals surface area contributed by atoms with Crippen molar-refractivity contribution < 1.29 is 9.21 Å². The minimum atomic E-state index is 0.102. The van der Waals surface area contributed by atoms with E-state index in [9.17, 15) is 4.79 Å². The predicted molar refractivity (Wildman–Crippen MR) is 66.3 cm³/mol. The summed E-state index contributed by atoms with van der Waals surface area (Å²) >= 11 is 0. The summed E-state index contributed by atoms with van der Waals surface area (Å²) in [5.74, 6) is 1.68. The molecular formula is C13H20N2O2. The maximum Gasteiger partial charge on any atom is 0.257 e. The Labute approximate surface area is 102 Å². The van der Waals surface area contributed by atoms with Crippen LogP contribution in [-0.2, 0) is 0 Å². The molecule has 1 aromatic heterocycles. The van der Waals surface area contributed by atoms with E-state index in [-0.39, 0.29) is 5.91 Å². The number of hydrogen-bond donors (Lipinski definition) is 1. The lowest BCUT2D eigenvalue weighted by atomic mass is 10.1. The van der Waals surface area contributed by atoms with Gasteiger partial charge in [0.05, 0.1) is 5.56 Å². The Morgan fingerprint density at radius 3 is 2.59 bits per heavy atom. The van der Waals surface area contributed by atoms with Crippen LogP contribution in [0.15, 0.2) is 4.42 Å². The lowest BCUT2D eigenvalue weighted by Gasteiger charge is -2.32. The quantitative estimate of drug-likeness (QED) is 0.806. The first-order valence-electron chi connectivity index (χ1n) is 6.10. The van der Waals surface area contributed by atoms with Crippen molar-refractivity contribution in [3.05, 3.63) is 22.6 Å². The van der Waals surface area contributed by atoms with Crippen molar-refractivity contribution in [2.75, 3.05) is 19.6 Å². The number of aryl methyl sites for hydroxylation is 2. The van der Waals surface area contributed by atoms with Crippen LogP contribution in [0.1, 0.15) is 34.4 Å². The number of furan rings is 1. The molecule has 2 rings (SSSR count). The van der Waals surface area contributed by atoms with Crippen molar-refractivity contribution in [2.24, 2.45) is 0 Å². The molecule has 0 bridgehead atoms. The molecule has 0 aromatic carbocycles. The number of nitrogens with one attached hydrogen (secondary N) is 1. The maximum atomic E-state index is 12.4. The second-order valence-electron chi connectivity index (χ2n) is 4.82. The third kappa shape index (κ3) is 2.22. The van der Waals surface area contributed by atoms with Crippen molar-refractivity contribution in [1.82, 2.24) is 10.2 Å². The van der Waals surface area contributed by atoms with Crippen LogP contribution >= 0.6 is 0 Å². The summed E-state index contributed by atoms with van der Waals surface area (Å²) in [5.41, 5.74) is 1.72. The van der Waals surface area contributed by atoms with Gasteiger partial charge < -0.3 is 14.6 Å². The van der Waals surface area contributed by atoms with Crippen LogP contribution in [-0.4, -0.2) is 36.5 Å². The van der Waals surface area contributed by atoms with Crippen molar-refractivity contribution in [1.29, 1.82) is 0 Å². The molecule has 1 N–H and O–H groups in total. The molecule has 0 radical (unpaired) electrons. The van der Waals surface area contributed by atoms with Gasteiger partial charge in [-0.25, -0.2) is 0 Å². The Bertz CT molecular complexity index is 437. The highest BCUT2D eigenvalue weighted by Gasteiger charge is 2.26. The van der Waals surface area contributed by atoms with Gasteiger partial charge in [0.1, 0.15) is 11.5 Å². The van der Waals surface area contributed by atoms with Gasteiger partial charge in [-0.05, 0) is 27.7 Å². The number of carbonyl (C=O) groups excluding carboxylic acids is 1. The SMILES string of the molecule is Cc1oc(C)c(C(=O)N2CCN[C@@H](C)C2)c1C. The topological polar surface area (TPSA) is 45.5 Å². The van der Waals surface area contributed by atoms with Crippen molar-refractivity contribution >= 4 is 5.91 Å². The van der Waals surface area contributed by atoms with Crippen LogP contribution in [0.5, 0.6) is 0 Å². The van der Waals surface area contributed by atoms with Crippen LogP contribution in [0, 0.1) is 20.8 Å². The molecule has 17 heavy (non-hydrogen) atoms. The molecule has 94 valence electrons. The van der Waals surface area contributed by atoms with Crippen LogP contribution in [0.25, 0.3) is 0 Å². The molecular weight excluding hydrogens is 216 g/mol. The number of carbonyl (C=O) groups is 1. The Balaban J connectivity index is 2.24. The number of hydrogen-bond acceptors (Lipinski definition) is 3. The van der Waals surface area contributed by atoms with E-state index in [0.29, 0.717) is 6.04 Å². The van der Waals surface area contributed by atoms with Gasteiger partial charge in [0.25, 0.3) is 5.91 Å². The summed E-state index contributed by atoms with van der Waals surface area (Å²) in [5, 5.41) is 3.34. The van der Waals surface area contributed by atoms with Crippen LogP contribution < -0.4 is 5.32 Å². The van der Waals surface area contributed by atoms with E-state index in [1.807, 2.05) is 25.7 Å². The molecule has 1 aromatic rings. The molecule has 1 saturated heterocycles. The first-order chi connectivity index (χ1) is 8.00. The summed E-state index contributed by atoms with van der Waals surface area (Å²) in [6.07, 6.45) is 0. The molecule has 1 atom stereocenters. The lowest BCUT2D eigenvalue weighted by molar-refractivity contribution is 0.0706. The van der Waals surface area contributed by atoms with Gasteiger partial charge in [0.15, 0.2) is 0 Å². The highest BCUT2D eigenvalue weighted by atomic mass is 16.3. The van der Waals surface area contributed by atoms with Gasteiger partial charge in [-0.15, -0.1) is 0 Å². The molecule has 1 amide bonds. The lowest BCUT2D eigenvalue weighted by Crippen LogP contribution is -2.51. The van der Waals surface area contributed by atoms with E-state index in [4.69, 9.17) is 4.42 Å². The van der Waals surface area contributed by atoms with Gasteiger partial charge in [0.2, 0.25) is 0 Å². The fourth-order valence-electron chi connectivity index (χ4n) is 2.38. The predicted octanol–water partition coefficient (Wildman–Crippen LogP) is 1.64. The normalized spacial score (nSPS) is 20.7. The van der Waals surface area contributed by atoms with E-state index in [1.54, 1.807) is 0 Å². The summed E-state index contributed by atoms with van der Waals surface area (Å²) < 4.78 is 5.52. The fraction of sp³-hybridized carbons (Fsp3) is 0.615. The molecule has 1 aliphatic rings. The second-order valence-corrected chi connectivity index (χ2v) is 4.82. The average molecular weight is 236 g/mol. The first-order valence-corrected chi connectivity index (χ1v) is 6.10. The minimum absolute atomic E-state index is 0.102. The van der Waals surface area contributed by atoms with Crippen molar-refractivity contribution in [3.63, 3.8) is 0 Å². The monoisotopic (exact) mass is 236 g/mol. The summed E-state index contributed by atoms with van der Waals surface area (Å²) in [7, 11) is 0. The molecule has 4 heteroatoms. The number of piperazine rings is 1. The van der Waals surface area contributed by atoms with Crippen molar-refractivity contribution in [2.45, 2.75) is 33.7 Å². The molecule has 1 fully saturated rings. The highest BCUT2D eigenvalue weighted by Crippen LogP contribution is 2.22. The molecule has 1 aliphatic heterocycles. The van der Waals surface area contributed by atoms with Crippen LogP contribution in [0.4, 0.5) is 0 Å². The van der Waals surface area contributed by atoms with Crippen LogP contribution in [0.2, 0.25) is 0 Å². The average Bonchev–Trinajstić information content (AvgIpc) is 2.52. The van der Waals surface area contributed by atoms with E-state index in [2.05, 4.69) is 12.2 Å². The Morgan fingerprint density at radius 1 is 1.35 bits per heavy atom. The highest BCUT2D eigenvalue weighted by molar-refractivity contribution is 5.97. The fourth-order valence-corrected chi connectivity index (χ4v) is 2.38. The van der Waals surface area contributed by atoms with E-state index in [1.165, 1.54) is 0 Å². The van der Waals surface area contributed by atoms with Gasteiger partial charge in [-0.2, -0.15) is 0 Å². The number of amides is 1. The van der Waals surface area contributed by atoms with E-state index >= 15 is 0 Å². The van der Waals surface area contributed by atoms with Gasteiger partial charge in [0, 0.05) is 31.2 Å². The maximum absolute atomic E-state index is 12.4. The summed E-state index contributed by atoms with van der Waals surface area (Å²) in [6.45, 7) is 10.2. The molecule has 0 spiro atoms. The zero-order chi connectivity index (χ0) is 12.6. The molecule has 4 nitrogen and oxygen atoms in total. The third-order valence-corrected chi connectivity index (χ3v) is 3.43. The standard InChI is InChI=1S/C13H20N2O2/c1-8-7-15(6-5-14-8)13(16)12-9(2)10(3)17-11(12)4/h8,14H,5-7H2,1-4H3/t8-/m0/s1. The van der Waals surface area contributed by atoms with E-state index < -0.39 is 0 Å². The number of nitrogens with zero attached hydrogens (tertiary/aromatic N) is 1. The molecule has 0 unspecified atom stereocenters. The van der Waals surface area contributed by atoms with Crippen LogP contribution in [0.3, 0.4) is 0 Å². The van der Waals surface area contributed by atoms with Gasteiger partial charge in [-0.1, -0.05) is 0 Å². The Hall–Kier alpha value is -1.29. The largest absolute Gasteiger partial charge is 0.466 e. The smallest absolute Gasteiger partial charge is 0.257 e. The number of rotatable bonds is 1. The molecule has 0 aliphatic carbocycles. The summed E-state index contributed by atoms with van der Waals surface area (Å²) in [4.78, 5) is 14.3. The Morgan fingerprint density at radius 2 is 2.06 bits per heavy atom. The van der Waals surface area contributed by atoms with Gasteiger partial charge in [-0.3, -0.25) is 4.79 Å². The second kappa shape index (κ2) is 4.53. The van der Waals surface area contributed by atoms with Gasteiger partial charge >= 0.3 is 0 Å². The molecule has 0 saturated carbocycles. The van der Waals surface area contributed by atoms with E-state index in [0.717, 1.165) is 42.3 Å². The molecule has 2 heterocycles. The zero-order valence-electron chi connectivity index (χ0n) is 11.0. The Kier molecular flexibility index (Phi) is 3.24. The van der Waals surface area contributed by atoms with Crippen molar-refractivity contribution in [3.8, 4) is 0 Å². The minimum Gasteiger partial charge on any atom is -0.466 e. The zero-order valence-corrected chi connectivity index (χ0v) is 11.0. The third-order valence-electron chi connectivity index (χ3n) is 3.43. The first kappa shape index (κ1) is 12.2.